The van der Waals surface area contributed by atoms with Gasteiger partial charge in [-0.1, -0.05) is 13.8 Å². The molecule has 8 heteroatoms. The average Bonchev–Trinajstić information content (AvgIpc) is 3.02. The largest absolute Gasteiger partial charge is 0.479 e. The molecule has 0 bridgehead atoms. The highest BCUT2D eigenvalue weighted by atomic mass is 16.5. The van der Waals surface area contributed by atoms with E-state index in [0.717, 1.165) is 12.8 Å². The van der Waals surface area contributed by atoms with Gasteiger partial charge >= 0.3 is 12.0 Å². The number of likely N-dealkylation sites (tertiary alicyclic amines) is 1. The molecule has 2 unspecified atom stereocenters. The van der Waals surface area contributed by atoms with Gasteiger partial charge in [-0.05, 0) is 24.7 Å². The van der Waals surface area contributed by atoms with E-state index in [1.165, 1.54) is 0 Å². The lowest BCUT2D eigenvalue weighted by molar-refractivity contribution is -0.147. The van der Waals surface area contributed by atoms with Crippen LogP contribution in [0.15, 0.2) is 0 Å². The van der Waals surface area contributed by atoms with E-state index in [2.05, 4.69) is 10.6 Å². The van der Waals surface area contributed by atoms with Crippen LogP contribution in [0.25, 0.3) is 0 Å². The molecule has 0 aliphatic carbocycles. The number of nitrogens with one attached hydrogen (secondary N) is 2. The van der Waals surface area contributed by atoms with E-state index in [4.69, 9.17) is 4.74 Å². The molecule has 2 heterocycles. The summed E-state index contributed by atoms with van der Waals surface area (Å²) < 4.78 is 5.15. The second-order valence-corrected chi connectivity index (χ2v) is 7.48. The summed E-state index contributed by atoms with van der Waals surface area (Å²) in [5, 5.41) is 14.9. The zero-order chi connectivity index (χ0) is 18.4. The summed E-state index contributed by atoms with van der Waals surface area (Å²) in [5.74, 6) is -0.915. The number of ether oxygens (including phenoxy) is 1. The fourth-order valence-electron chi connectivity index (χ4n) is 3.29. The van der Waals surface area contributed by atoms with Gasteiger partial charge in [-0.15, -0.1) is 0 Å². The van der Waals surface area contributed by atoms with Crippen molar-refractivity contribution >= 4 is 17.9 Å². The van der Waals surface area contributed by atoms with Gasteiger partial charge in [0.05, 0.1) is 6.61 Å². The third-order valence-corrected chi connectivity index (χ3v) is 4.75. The monoisotopic (exact) mass is 355 g/mol. The lowest BCUT2D eigenvalue weighted by Gasteiger charge is -2.33. The molecule has 2 fully saturated rings. The van der Waals surface area contributed by atoms with Crippen LogP contribution in [0.3, 0.4) is 0 Å². The number of amides is 3. The van der Waals surface area contributed by atoms with Crippen LogP contribution in [0.1, 0.15) is 39.5 Å². The minimum atomic E-state index is -1.31. The predicted octanol–water partition coefficient (Wildman–Crippen LogP) is 0.814. The van der Waals surface area contributed by atoms with E-state index in [9.17, 15) is 19.5 Å². The summed E-state index contributed by atoms with van der Waals surface area (Å²) in [4.78, 5) is 37.7. The van der Waals surface area contributed by atoms with E-state index in [-0.39, 0.29) is 37.3 Å². The van der Waals surface area contributed by atoms with Gasteiger partial charge in [-0.2, -0.15) is 0 Å². The van der Waals surface area contributed by atoms with Gasteiger partial charge in [0.1, 0.15) is 0 Å². The minimum Gasteiger partial charge on any atom is -0.479 e. The smallest absolute Gasteiger partial charge is 0.331 e. The molecule has 25 heavy (non-hydrogen) atoms. The van der Waals surface area contributed by atoms with E-state index < -0.39 is 11.5 Å². The third kappa shape index (κ3) is 5.32. The van der Waals surface area contributed by atoms with Crippen molar-refractivity contribution in [3.63, 3.8) is 0 Å². The van der Waals surface area contributed by atoms with Crippen molar-refractivity contribution in [3.05, 3.63) is 0 Å². The zero-order valence-electron chi connectivity index (χ0n) is 15.0. The van der Waals surface area contributed by atoms with Crippen LogP contribution in [-0.2, 0) is 14.3 Å². The molecule has 3 N–H and O–H groups in total. The van der Waals surface area contributed by atoms with Gasteiger partial charge in [-0.3, -0.25) is 4.79 Å². The van der Waals surface area contributed by atoms with Gasteiger partial charge in [0.2, 0.25) is 5.91 Å². The number of carbonyl (C=O) groups excluding carboxylic acids is 2. The Balaban J connectivity index is 1.84. The first kappa shape index (κ1) is 19.5. The zero-order valence-corrected chi connectivity index (χ0v) is 15.0. The predicted molar refractivity (Wildman–Crippen MR) is 91.1 cm³/mol. The summed E-state index contributed by atoms with van der Waals surface area (Å²) in [5.41, 5.74) is -1.31. The number of carboxylic acids is 1. The first-order valence-corrected chi connectivity index (χ1v) is 8.97. The lowest BCUT2D eigenvalue weighted by Crippen LogP contribution is -2.55. The number of hydrogen-bond donors (Lipinski definition) is 3. The highest BCUT2D eigenvalue weighted by Crippen LogP contribution is 2.22. The maximum atomic E-state index is 12.3. The molecule has 3 amide bonds. The van der Waals surface area contributed by atoms with E-state index in [1.54, 1.807) is 4.90 Å². The molecular weight excluding hydrogens is 326 g/mol. The standard InChI is InChI=1S/C17H29N3O5/c1-12(2)9-18-16(24)20-6-3-4-13(10-20)8-14(21)19-17(15(22)23)5-7-25-11-17/h12-13H,3-11H2,1-2H3,(H,18,24)(H,19,21)(H,22,23). The first-order chi connectivity index (χ1) is 11.8. The first-order valence-electron chi connectivity index (χ1n) is 8.97. The normalized spacial score (nSPS) is 26.5. The Labute approximate surface area is 148 Å². The van der Waals surface area contributed by atoms with E-state index >= 15 is 0 Å². The molecule has 142 valence electrons. The number of carboxylic acid groups (broad SMARTS) is 1. The van der Waals surface area contributed by atoms with Gasteiger partial charge in [0.25, 0.3) is 0 Å². The summed E-state index contributed by atoms with van der Waals surface area (Å²) in [6, 6.07) is -0.0926. The second-order valence-electron chi connectivity index (χ2n) is 7.48. The summed E-state index contributed by atoms with van der Waals surface area (Å²) in [7, 11) is 0. The third-order valence-electron chi connectivity index (χ3n) is 4.75. The van der Waals surface area contributed by atoms with Crippen LogP contribution in [-0.4, -0.2) is 66.3 Å². The van der Waals surface area contributed by atoms with Crippen molar-refractivity contribution < 1.29 is 24.2 Å². The molecule has 2 atom stereocenters. The molecule has 0 radical (unpaired) electrons. The van der Waals surface area contributed by atoms with Crippen molar-refractivity contribution in [3.8, 4) is 0 Å². The topological polar surface area (TPSA) is 108 Å². The highest BCUT2D eigenvalue weighted by molar-refractivity contribution is 5.87. The van der Waals surface area contributed by atoms with Crippen LogP contribution >= 0.6 is 0 Å². The van der Waals surface area contributed by atoms with E-state index in [0.29, 0.717) is 32.2 Å². The fraction of sp³-hybridized carbons (Fsp3) is 0.824. The van der Waals surface area contributed by atoms with Gasteiger partial charge < -0.3 is 25.4 Å². The summed E-state index contributed by atoms with van der Waals surface area (Å²) in [6.07, 6.45) is 2.21. The molecule has 0 aromatic heterocycles. The molecule has 2 aliphatic rings. The molecule has 8 nitrogen and oxygen atoms in total. The van der Waals surface area contributed by atoms with Crippen molar-refractivity contribution in [2.45, 2.75) is 45.1 Å². The lowest BCUT2D eigenvalue weighted by atomic mass is 9.93. The summed E-state index contributed by atoms with van der Waals surface area (Å²) in [6.45, 7) is 6.25. The number of aliphatic carboxylic acids is 1. The van der Waals surface area contributed by atoms with Crippen molar-refractivity contribution in [1.82, 2.24) is 15.5 Å². The highest BCUT2D eigenvalue weighted by Gasteiger charge is 2.44. The molecule has 2 saturated heterocycles. The Kier molecular flexibility index (Phi) is 6.64. The van der Waals surface area contributed by atoms with Gasteiger partial charge in [0, 0.05) is 39.1 Å². The molecule has 0 aromatic carbocycles. The number of carbonyl (C=O) groups is 3. The molecular formula is C17H29N3O5. The Morgan fingerprint density at radius 1 is 1.36 bits per heavy atom. The van der Waals surface area contributed by atoms with Gasteiger partial charge in [0.15, 0.2) is 5.54 Å². The number of piperidine rings is 1. The molecule has 2 aliphatic heterocycles. The van der Waals surface area contributed by atoms with Gasteiger partial charge in [-0.25, -0.2) is 9.59 Å². The second kappa shape index (κ2) is 8.51. The van der Waals surface area contributed by atoms with Crippen LogP contribution in [0.4, 0.5) is 4.79 Å². The molecule has 2 rings (SSSR count). The Morgan fingerprint density at radius 3 is 2.72 bits per heavy atom. The van der Waals surface area contributed by atoms with Crippen molar-refractivity contribution in [2.75, 3.05) is 32.8 Å². The Bertz CT molecular complexity index is 503. The minimum absolute atomic E-state index is 0.00245. The SMILES string of the molecule is CC(C)CNC(=O)N1CCCC(CC(=O)NC2(C(=O)O)CCOC2)C1. The molecule has 0 spiro atoms. The summed E-state index contributed by atoms with van der Waals surface area (Å²) >= 11 is 0. The quantitative estimate of drug-likeness (QED) is 0.654. The number of rotatable bonds is 6. The number of urea groups is 1. The number of hydrogen-bond acceptors (Lipinski definition) is 4. The maximum absolute atomic E-state index is 12.3. The average molecular weight is 355 g/mol. The van der Waals surface area contributed by atoms with Crippen LogP contribution in [0, 0.1) is 11.8 Å². The van der Waals surface area contributed by atoms with Crippen LogP contribution in [0.2, 0.25) is 0 Å². The van der Waals surface area contributed by atoms with Crippen molar-refractivity contribution in [2.24, 2.45) is 11.8 Å². The van der Waals surface area contributed by atoms with Crippen LogP contribution in [0.5, 0.6) is 0 Å². The molecule has 0 saturated carbocycles. The fourth-order valence-corrected chi connectivity index (χ4v) is 3.29. The van der Waals surface area contributed by atoms with Crippen molar-refractivity contribution in [1.29, 1.82) is 0 Å². The van der Waals surface area contributed by atoms with Crippen LogP contribution < -0.4 is 10.6 Å². The Hall–Kier alpha value is -1.83. The Morgan fingerprint density at radius 2 is 2.12 bits per heavy atom. The number of nitrogens with zero attached hydrogens (tertiary/aromatic N) is 1. The van der Waals surface area contributed by atoms with E-state index in [1.807, 2.05) is 13.8 Å². The molecule has 0 aromatic rings. The maximum Gasteiger partial charge on any atom is 0.331 e.